The third-order valence-electron chi connectivity index (χ3n) is 2.54. The topological polar surface area (TPSA) is 52.9 Å². The Kier molecular flexibility index (Phi) is 3.08. The monoisotopic (exact) mass is 209 g/mol. The molecule has 1 heterocycles. The van der Waals surface area contributed by atoms with Crippen molar-refractivity contribution in [2.45, 2.75) is 6.61 Å². The molecule has 82 valence electrons. The Morgan fingerprint density at radius 3 is 2.93 bits per heavy atom. The van der Waals surface area contributed by atoms with Crippen LogP contribution in [0, 0.1) is 0 Å². The molecule has 1 aliphatic rings. The molecule has 0 spiro atoms. The number of benzene rings is 1. The first kappa shape index (κ1) is 10.3. The van der Waals surface area contributed by atoms with E-state index in [0.29, 0.717) is 13.2 Å². The number of hydrogen-bond acceptors (Lipinski definition) is 4. The Morgan fingerprint density at radius 1 is 1.33 bits per heavy atom. The molecule has 0 atom stereocenters. The molecule has 1 aromatic carbocycles. The molecular formula is C11H15NO3. The summed E-state index contributed by atoms with van der Waals surface area (Å²) in [5.41, 5.74) is 1.82. The van der Waals surface area contributed by atoms with Gasteiger partial charge in [0.05, 0.1) is 25.4 Å². The number of anilines is 1. The Bertz CT molecular complexity index is 341. The summed E-state index contributed by atoms with van der Waals surface area (Å²) >= 11 is 0. The van der Waals surface area contributed by atoms with Gasteiger partial charge in [0.15, 0.2) is 0 Å². The lowest BCUT2D eigenvalue weighted by atomic mass is 10.1. The molecule has 2 rings (SSSR count). The summed E-state index contributed by atoms with van der Waals surface area (Å²) in [6.07, 6.45) is 0. The van der Waals surface area contributed by atoms with Gasteiger partial charge >= 0.3 is 0 Å². The highest BCUT2D eigenvalue weighted by molar-refractivity contribution is 5.61. The van der Waals surface area contributed by atoms with Crippen molar-refractivity contribution in [1.29, 1.82) is 0 Å². The van der Waals surface area contributed by atoms with Crippen molar-refractivity contribution in [3.8, 4) is 5.75 Å². The first-order chi connectivity index (χ1) is 7.35. The van der Waals surface area contributed by atoms with Crippen molar-refractivity contribution in [3.63, 3.8) is 0 Å². The Morgan fingerprint density at radius 2 is 2.20 bits per heavy atom. The largest absolute Gasteiger partial charge is 0.490 e. The van der Waals surface area contributed by atoms with Gasteiger partial charge in [0.2, 0.25) is 0 Å². The van der Waals surface area contributed by atoms with E-state index in [9.17, 15) is 0 Å². The van der Waals surface area contributed by atoms with E-state index in [1.165, 1.54) is 0 Å². The summed E-state index contributed by atoms with van der Waals surface area (Å²) in [7, 11) is 0. The molecule has 0 saturated heterocycles. The van der Waals surface area contributed by atoms with E-state index in [0.717, 1.165) is 23.5 Å². The maximum Gasteiger partial charge on any atom is 0.142 e. The maximum absolute atomic E-state index is 9.05. The van der Waals surface area contributed by atoms with E-state index < -0.39 is 0 Å². The lowest BCUT2D eigenvalue weighted by Crippen LogP contribution is -2.34. The van der Waals surface area contributed by atoms with Crippen LogP contribution >= 0.6 is 0 Å². The minimum atomic E-state index is 0.0280. The number of nitrogens with zero attached hydrogens (tertiary/aromatic N) is 1. The molecule has 0 unspecified atom stereocenters. The van der Waals surface area contributed by atoms with E-state index in [1.807, 2.05) is 18.2 Å². The zero-order valence-electron chi connectivity index (χ0n) is 8.52. The van der Waals surface area contributed by atoms with Crippen molar-refractivity contribution < 1.29 is 14.9 Å². The highest BCUT2D eigenvalue weighted by Gasteiger charge is 2.17. The summed E-state index contributed by atoms with van der Waals surface area (Å²) < 4.78 is 5.49. The SMILES string of the molecule is OCCN1CCOc2ccc(CO)cc21. The first-order valence-electron chi connectivity index (χ1n) is 5.07. The molecule has 1 aromatic rings. The number of ether oxygens (including phenoxy) is 1. The number of aliphatic hydroxyl groups is 2. The third kappa shape index (κ3) is 2.06. The summed E-state index contributed by atoms with van der Waals surface area (Å²) in [5, 5.41) is 18.0. The average molecular weight is 209 g/mol. The van der Waals surface area contributed by atoms with Gasteiger partial charge in [-0.15, -0.1) is 0 Å². The van der Waals surface area contributed by atoms with Gasteiger partial charge in [0.25, 0.3) is 0 Å². The van der Waals surface area contributed by atoms with Gasteiger partial charge in [-0.25, -0.2) is 0 Å². The van der Waals surface area contributed by atoms with E-state index in [2.05, 4.69) is 4.90 Å². The second-order valence-electron chi connectivity index (χ2n) is 3.52. The average Bonchev–Trinajstić information content (AvgIpc) is 2.29. The lowest BCUT2D eigenvalue weighted by molar-refractivity contribution is 0.274. The van der Waals surface area contributed by atoms with Crippen molar-refractivity contribution in [2.24, 2.45) is 0 Å². The predicted molar refractivity (Wildman–Crippen MR) is 57.2 cm³/mol. The van der Waals surface area contributed by atoms with E-state index in [4.69, 9.17) is 14.9 Å². The van der Waals surface area contributed by atoms with Crippen LogP contribution in [0.15, 0.2) is 18.2 Å². The number of fused-ring (bicyclic) bond motifs is 1. The zero-order chi connectivity index (χ0) is 10.7. The Hall–Kier alpha value is -1.26. The van der Waals surface area contributed by atoms with Crippen LogP contribution in [-0.2, 0) is 6.61 Å². The van der Waals surface area contributed by atoms with E-state index >= 15 is 0 Å². The van der Waals surface area contributed by atoms with Gasteiger partial charge in [0.1, 0.15) is 12.4 Å². The van der Waals surface area contributed by atoms with Crippen LogP contribution in [-0.4, -0.2) is 36.5 Å². The molecule has 0 aliphatic carbocycles. The number of aliphatic hydroxyl groups excluding tert-OH is 2. The molecule has 15 heavy (non-hydrogen) atoms. The first-order valence-corrected chi connectivity index (χ1v) is 5.07. The molecule has 0 bridgehead atoms. The fourth-order valence-corrected chi connectivity index (χ4v) is 1.77. The van der Waals surface area contributed by atoms with Crippen LogP contribution in [0.3, 0.4) is 0 Å². The second kappa shape index (κ2) is 4.51. The van der Waals surface area contributed by atoms with Crippen LogP contribution in [0.25, 0.3) is 0 Å². The highest BCUT2D eigenvalue weighted by Crippen LogP contribution is 2.32. The molecule has 1 aliphatic heterocycles. The summed E-state index contributed by atoms with van der Waals surface area (Å²) in [5.74, 6) is 0.826. The summed E-state index contributed by atoms with van der Waals surface area (Å²) in [6.45, 7) is 2.18. The Labute approximate surface area is 88.7 Å². The molecule has 0 amide bonds. The number of hydrogen-bond donors (Lipinski definition) is 2. The van der Waals surface area contributed by atoms with Crippen molar-refractivity contribution >= 4 is 5.69 Å². The highest BCUT2D eigenvalue weighted by atomic mass is 16.5. The summed E-state index contributed by atoms with van der Waals surface area (Å²) in [4.78, 5) is 2.07. The van der Waals surface area contributed by atoms with Gasteiger partial charge in [-0.1, -0.05) is 6.07 Å². The maximum atomic E-state index is 9.05. The van der Waals surface area contributed by atoms with E-state index in [-0.39, 0.29) is 13.2 Å². The fraction of sp³-hybridized carbons (Fsp3) is 0.455. The Balaban J connectivity index is 2.30. The molecule has 4 nitrogen and oxygen atoms in total. The molecule has 0 fully saturated rings. The molecule has 4 heteroatoms. The van der Waals surface area contributed by atoms with Crippen LogP contribution in [0.5, 0.6) is 5.75 Å². The lowest BCUT2D eigenvalue weighted by Gasteiger charge is -2.31. The standard InChI is InChI=1S/C11H15NO3/c13-5-3-12-4-6-15-11-2-1-9(8-14)7-10(11)12/h1-2,7,13-14H,3-6,8H2. The minimum Gasteiger partial charge on any atom is -0.490 e. The normalized spacial score (nSPS) is 14.7. The van der Waals surface area contributed by atoms with E-state index in [1.54, 1.807) is 0 Å². The zero-order valence-corrected chi connectivity index (χ0v) is 8.52. The molecule has 0 saturated carbocycles. The van der Waals surface area contributed by atoms with Crippen molar-refractivity contribution in [3.05, 3.63) is 23.8 Å². The second-order valence-corrected chi connectivity index (χ2v) is 3.52. The predicted octanol–water partition coefficient (Wildman–Crippen LogP) is 0.370. The van der Waals surface area contributed by atoms with Crippen molar-refractivity contribution in [1.82, 2.24) is 0 Å². The molecule has 2 N–H and O–H groups in total. The smallest absolute Gasteiger partial charge is 0.142 e. The van der Waals surface area contributed by atoms with Gasteiger partial charge in [-0.3, -0.25) is 0 Å². The quantitative estimate of drug-likeness (QED) is 0.755. The minimum absolute atomic E-state index is 0.0280. The summed E-state index contributed by atoms with van der Waals surface area (Å²) in [6, 6.07) is 5.62. The molecular weight excluding hydrogens is 194 g/mol. The van der Waals surface area contributed by atoms with Crippen molar-refractivity contribution in [2.75, 3.05) is 31.2 Å². The fourth-order valence-electron chi connectivity index (χ4n) is 1.77. The van der Waals surface area contributed by atoms with Gasteiger partial charge in [-0.2, -0.15) is 0 Å². The molecule has 0 radical (unpaired) electrons. The van der Waals surface area contributed by atoms with Gasteiger partial charge < -0.3 is 19.8 Å². The van der Waals surface area contributed by atoms with Gasteiger partial charge in [0, 0.05) is 6.54 Å². The van der Waals surface area contributed by atoms with Crippen LogP contribution in [0.4, 0.5) is 5.69 Å². The molecule has 0 aromatic heterocycles. The third-order valence-corrected chi connectivity index (χ3v) is 2.54. The van der Waals surface area contributed by atoms with Crippen LogP contribution in [0.1, 0.15) is 5.56 Å². The number of β-amino-alcohol motifs (C(OH)–C–C–N with tert-alkyl or cyclic N) is 1. The van der Waals surface area contributed by atoms with Gasteiger partial charge in [-0.05, 0) is 17.7 Å². The van der Waals surface area contributed by atoms with Crippen LogP contribution in [0.2, 0.25) is 0 Å². The van der Waals surface area contributed by atoms with Crippen LogP contribution < -0.4 is 9.64 Å². The number of rotatable bonds is 3.